The molecule has 2 rings (SSSR count). The Bertz CT molecular complexity index is 520. The second-order valence-corrected chi connectivity index (χ2v) is 6.26. The van der Waals surface area contributed by atoms with Crippen molar-refractivity contribution in [3.63, 3.8) is 0 Å². The first kappa shape index (κ1) is 15.8. The van der Waals surface area contributed by atoms with E-state index in [2.05, 4.69) is 16.8 Å². The van der Waals surface area contributed by atoms with Crippen molar-refractivity contribution in [1.29, 1.82) is 0 Å². The van der Waals surface area contributed by atoms with Gasteiger partial charge in [0.25, 0.3) is 0 Å². The second kappa shape index (κ2) is 8.00. The summed E-state index contributed by atoms with van der Waals surface area (Å²) in [5.74, 6) is 0.976. The Labute approximate surface area is 129 Å². The number of amides is 1. The highest BCUT2D eigenvalue weighted by Crippen LogP contribution is 2.17. The summed E-state index contributed by atoms with van der Waals surface area (Å²) in [5, 5.41) is 5.07. The molecule has 0 bridgehead atoms. The average Bonchev–Trinajstić information content (AvgIpc) is 3.11. The van der Waals surface area contributed by atoms with E-state index in [1.54, 1.807) is 17.6 Å². The van der Waals surface area contributed by atoms with Crippen LogP contribution in [0.25, 0.3) is 0 Å². The Morgan fingerprint density at radius 2 is 2.24 bits per heavy atom. The molecule has 114 valence electrons. The Balaban J connectivity index is 1.72. The van der Waals surface area contributed by atoms with E-state index in [0.29, 0.717) is 13.0 Å². The second-order valence-electron chi connectivity index (χ2n) is 5.23. The van der Waals surface area contributed by atoms with Crippen LogP contribution in [0.1, 0.15) is 29.5 Å². The number of aryl methyl sites for hydroxylation is 1. The molecule has 5 heteroatoms. The third-order valence-electron chi connectivity index (χ3n) is 3.39. The van der Waals surface area contributed by atoms with Crippen LogP contribution < -0.4 is 5.32 Å². The Kier molecular flexibility index (Phi) is 6.02. The number of carbonyl (C=O) groups excluding carboxylic acids is 1. The number of furan rings is 1. The highest BCUT2D eigenvalue weighted by atomic mass is 32.1. The Morgan fingerprint density at radius 3 is 2.86 bits per heavy atom. The van der Waals surface area contributed by atoms with Gasteiger partial charge in [-0.25, -0.2) is 0 Å². The number of nitrogens with one attached hydrogen (secondary N) is 1. The minimum Gasteiger partial charge on any atom is -0.468 e. The molecule has 1 unspecified atom stereocenters. The van der Waals surface area contributed by atoms with Crippen LogP contribution in [0.2, 0.25) is 0 Å². The third kappa shape index (κ3) is 5.02. The minimum atomic E-state index is 0.0706. The number of hydrogen-bond donors (Lipinski definition) is 1. The number of thiophene rings is 1. The van der Waals surface area contributed by atoms with Gasteiger partial charge < -0.3 is 9.73 Å². The highest BCUT2D eigenvalue weighted by Gasteiger charge is 2.17. The minimum absolute atomic E-state index is 0.0706. The van der Waals surface area contributed by atoms with E-state index in [0.717, 1.165) is 18.6 Å². The zero-order valence-corrected chi connectivity index (χ0v) is 13.4. The SMILES string of the molecule is CN(C)C(CNC(=O)CCCc1cccs1)c1ccco1. The van der Waals surface area contributed by atoms with Gasteiger partial charge in [0.2, 0.25) is 5.91 Å². The van der Waals surface area contributed by atoms with Crippen LogP contribution in [0.15, 0.2) is 40.3 Å². The van der Waals surface area contributed by atoms with E-state index in [4.69, 9.17) is 4.42 Å². The Hall–Kier alpha value is -1.59. The smallest absolute Gasteiger partial charge is 0.220 e. The quantitative estimate of drug-likeness (QED) is 0.815. The molecule has 4 nitrogen and oxygen atoms in total. The lowest BCUT2D eigenvalue weighted by atomic mass is 10.2. The molecule has 0 saturated heterocycles. The molecule has 1 N–H and O–H groups in total. The number of likely N-dealkylation sites (N-methyl/N-ethyl adjacent to an activating group) is 1. The van der Waals surface area contributed by atoms with E-state index in [1.807, 2.05) is 37.2 Å². The fraction of sp³-hybridized carbons (Fsp3) is 0.438. The van der Waals surface area contributed by atoms with Gasteiger partial charge >= 0.3 is 0 Å². The normalized spacial score (nSPS) is 12.5. The summed E-state index contributed by atoms with van der Waals surface area (Å²) in [5.41, 5.74) is 0. The number of nitrogens with zero attached hydrogens (tertiary/aromatic N) is 1. The van der Waals surface area contributed by atoms with Crippen LogP contribution in [0.5, 0.6) is 0 Å². The monoisotopic (exact) mass is 306 g/mol. The van der Waals surface area contributed by atoms with E-state index in [-0.39, 0.29) is 11.9 Å². The topological polar surface area (TPSA) is 45.5 Å². The van der Waals surface area contributed by atoms with Crippen molar-refractivity contribution >= 4 is 17.2 Å². The number of rotatable bonds is 8. The third-order valence-corrected chi connectivity index (χ3v) is 4.33. The van der Waals surface area contributed by atoms with Gasteiger partial charge in [-0.15, -0.1) is 11.3 Å². The summed E-state index contributed by atoms with van der Waals surface area (Å²) < 4.78 is 5.43. The van der Waals surface area contributed by atoms with E-state index >= 15 is 0 Å². The molecule has 0 saturated carbocycles. The van der Waals surface area contributed by atoms with E-state index in [9.17, 15) is 4.79 Å². The first-order valence-corrected chi connectivity index (χ1v) is 8.03. The maximum Gasteiger partial charge on any atom is 0.220 e. The van der Waals surface area contributed by atoms with Crippen molar-refractivity contribution in [2.45, 2.75) is 25.3 Å². The molecule has 1 amide bonds. The summed E-state index contributed by atoms with van der Waals surface area (Å²) in [6.07, 6.45) is 4.09. The highest BCUT2D eigenvalue weighted by molar-refractivity contribution is 7.09. The van der Waals surface area contributed by atoms with Crippen molar-refractivity contribution in [2.24, 2.45) is 0 Å². The molecule has 0 spiro atoms. The molecule has 1 atom stereocenters. The van der Waals surface area contributed by atoms with Gasteiger partial charge in [-0.1, -0.05) is 6.07 Å². The molecular weight excluding hydrogens is 284 g/mol. The fourth-order valence-electron chi connectivity index (χ4n) is 2.20. The van der Waals surface area contributed by atoms with Crippen molar-refractivity contribution in [2.75, 3.05) is 20.6 Å². The molecule has 0 fully saturated rings. The molecule has 0 aliphatic carbocycles. The van der Waals surface area contributed by atoms with E-state index < -0.39 is 0 Å². The molecule has 0 aliphatic rings. The first-order valence-electron chi connectivity index (χ1n) is 7.15. The van der Waals surface area contributed by atoms with Crippen LogP contribution in [0.3, 0.4) is 0 Å². The summed E-state index contributed by atoms with van der Waals surface area (Å²) in [4.78, 5) is 15.3. The van der Waals surface area contributed by atoms with Gasteiger partial charge in [0.15, 0.2) is 0 Å². The van der Waals surface area contributed by atoms with Crippen molar-refractivity contribution in [1.82, 2.24) is 10.2 Å². The van der Waals surface area contributed by atoms with Gasteiger partial charge in [-0.05, 0) is 50.5 Å². The lowest BCUT2D eigenvalue weighted by Gasteiger charge is -2.22. The molecule has 0 radical (unpaired) electrons. The van der Waals surface area contributed by atoms with Crippen LogP contribution in [0.4, 0.5) is 0 Å². The predicted octanol–water partition coefficient (Wildman–Crippen LogP) is 3.08. The van der Waals surface area contributed by atoms with Gasteiger partial charge in [-0.2, -0.15) is 0 Å². The standard InChI is InChI=1S/C16H22N2O2S/c1-18(2)14(15-8-4-10-20-15)12-17-16(19)9-3-6-13-7-5-11-21-13/h4-5,7-8,10-11,14H,3,6,9,12H2,1-2H3,(H,17,19). The summed E-state index contributed by atoms with van der Waals surface area (Å²) >= 11 is 1.74. The van der Waals surface area contributed by atoms with Crippen LogP contribution in [-0.4, -0.2) is 31.4 Å². The van der Waals surface area contributed by atoms with E-state index in [1.165, 1.54) is 4.88 Å². The maximum absolute atomic E-state index is 11.9. The number of hydrogen-bond acceptors (Lipinski definition) is 4. The average molecular weight is 306 g/mol. The summed E-state index contributed by atoms with van der Waals surface area (Å²) in [6, 6.07) is 8.04. The lowest BCUT2D eigenvalue weighted by Crippen LogP contribution is -2.34. The first-order chi connectivity index (χ1) is 10.2. The lowest BCUT2D eigenvalue weighted by molar-refractivity contribution is -0.121. The van der Waals surface area contributed by atoms with Crippen molar-refractivity contribution in [3.05, 3.63) is 46.5 Å². The zero-order valence-electron chi connectivity index (χ0n) is 12.5. The zero-order chi connectivity index (χ0) is 15.1. The molecule has 21 heavy (non-hydrogen) atoms. The predicted molar refractivity (Wildman–Crippen MR) is 85.4 cm³/mol. The molecule has 2 heterocycles. The molecule has 2 aromatic heterocycles. The van der Waals surface area contributed by atoms with Gasteiger partial charge in [0, 0.05) is 17.8 Å². The van der Waals surface area contributed by atoms with Crippen molar-refractivity contribution < 1.29 is 9.21 Å². The molecule has 2 aromatic rings. The van der Waals surface area contributed by atoms with Gasteiger partial charge in [0.1, 0.15) is 5.76 Å². The van der Waals surface area contributed by atoms with Crippen molar-refractivity contribution in [3.8, 4) is 0 Å². The molecule has 0 aliphatic heterocycles. The molecular formula is C16H22N2O2S. The summed E-state index contributed by atoms with van der Waals surface area (Å²) in [6.45, 7) is 0.568. The van der Waals surface area contributed by atoms with Crippen LogP contribution >= 0.6 is 11.3 Å². The summed E-state index contributed by atoms with van der Waals surface area (Å²) in [7, 11) is 3.96. The molecule has 0 aromatic carbocycles. The van der Waals surface area contributed by atoms with Gasteiger partial charge in [0.05, 0.1) is 12.3 Å². The largest absolute Gasteiger partial charge is 0.468 e. The van der Waals surface area contributed by atoms with Crippen LogP contribution in [-0.2, 0) is 11.2 Å². The number of carbonyl (C=O) groups is 1. The van der Waals surface area contributed by atoms with Crippen LogP contribution in [0, 0.1) is 0 Å². The fourth-order valence-corrected chi connectivity index (χ4v) is 2.95. The Morgan fingerprint density at radius 1 is 1.38 bits per heavy atom. The van der Waals surface area contributed by atoms with Gasteiger partial charge in [-0.3, -0.25) is 9.69 Å². The maximum atomic E-state index is 11.9.